The summed E-state index contributed by atoms with van der Waals surface area (Å²) in [6, 6.07) is 0. The highest BCUT2D eigenvalue weighted by Crippen LogP contribution is 2.67. The van der Waals surface area contributed by atoms with E-state index in [0.717, 1.165) is 62.9 Å². The number of amides is 1. The molecule has 4 aliphatic carbocycles. The number of ketones is 1. The maximum absolute atomic E-state index is 12.5. The van der Waals surface area contributed by atoms with Crippen molar-refractivity contribution in [3.8, 4) is 0 Å². The lowest BCUT2D eigenvalue weighted by atomic mass is 9.42. The molecular formula is C34H59NO3. The first-order valence-corrected chi connectivity index (χ1v) is 16.7. The lowest BCUT2D eigenvalue weighted by molar-refractivity contribution is -0.156. The number of aliphatic hydroxyl groups is 1. The fourth-order valence-electron chi connectivity index (χ4n) is 9.97. The zero-order chi connectivity index (χ0) is 27.3. The molecule has 4 aliphatic rings. The van der Waals surface area contributed by atoms with Gasteiger partial charge in [-0.05, 0) is 99.2 Å². The number of hydrogen-bond acceptors (Lipinski definition) is 3. The molecule has 0 radical (unpaired) electrons. The van der Waals surface area contributed by atoms with Gasteiger partial charge in [-0.15, -0.1) is 0 Å². The molecule has 4 nitrogen and oxygen atoms in total. The molecule has 4 rings (SSSR count). The quantitative estimate of drug-likeness (QED) is 0.246. The Labute approximate surface area is 234 Å². The molecule has 4 fully saturated rings. The van der Waals surface area contributed by atoms with Crippen LogP contribution in [0.15, 0.2) is 0 Å². The Morgan fingerprint density at radius 2 is 1.50 bits per heavy atom. The third kappa shape index (κ3) is 6.21. The van der Waals surface area contributed by atoms with Gasteiger partial charge in [0, 0.05) is 32.4 Å². The molecule has 218 valence electrons. The van der Waals surface area contributed by atoms with E-state index in [0.29, 0.717) is 35.4 Å². The van der Waals surface area contributed by atoms with E-state index in [9.17, 15) is 14.7 Å². The average Bonchev–Trinajstić information content (AvgIpc) is 3.20. The summed E-state index contributed by atoms with van der Waals surface area (Å²) in [5.74, 6) is 4.39. The Hall–Kier alpha value is -0.900. The topological polar surface area (TPSA) is 57.6 Å². The number of rotatable bonds is 13. The summed E-state index contributed by atoms with van der Waals surface area (Å²) in [5, 5.41) is 11.0. The van der Waals surface area contributed by atoms with Gasteiger partial charge in [-0.3, -0.25) is 9.59 Å². The van der Waals surface area contributed by atoms with E-state index < -0.39 is 0 Å². The van der Waals surface area contributed by atoms with Gasteiger partial charge in [0.05, 0.1) is 6.10 Å². The van der Waals surface area contributed by atoms with Crippen LogP contribution in [0.2, 0.25) is 0 Å². The highest BCUT2D eigenvalue weighted by molar-refractivity contribution is 5.79. The summed E-state index contributed by atoms with van der Waals surface area (Å²) in [7, 11) is 0. The Balaban J connectivity index is 1.22. The van der Waals surface area contributed by atoms with Crippen LogP contribution < -0.4 is 0 Å². The second-order valence-electron chi connectivity index (χ2n) is 14.3. The summed E-state index contributed by atoms with van der Waals surface area (Å²) < 4.78 is 0. The van der Waals surface area contributed by atoms with Gasteiger partial charge in [-0.2, -0.15) is 0 Å². The van der Waals surface area contributed by atoms with E-state index >= 15 is 0 Å². The molecule has 0 saturated heterocycles. The van der Waals surface area contributed by atoms with Gasteiger partial charge >= 0.3 is 0 Å². The SMILES string of the molecule is CCN(CC)C(=O)CCCCCCCCCC[C@@H]1C[C@H]2CC(=O)CC[C@]2(C)[C@H]2CC[C@]3(C)[C@@H](O)CC[C@H]3[C@H]12. The first kappa shape index (κ1) is 30.1. The molecule has 0 heterocycles. The Kier molecular flexibility index (Phi) is 10.4. The Morgan fingerprint density at radius 1 is 0.868 bits per heavy atom. The standard InChI is InChI=1S/C34H59NO3/c1-5-35(6-2)31(38)16-14-12-10-8-7-9-11-13-15-25-23-26-24-27(36)19-21-33(26,3)29-20-22-34(4)28(32(25)29)17-18-30(34)37/h25-26,28-30,32,37H,5-24H2,1-4H3/t25-,26+,28+,29+,30+,32+,33+,34+/m1/s1. The molecule has 0 unspecified atom stereocenters. The smallest absolute Gasteiger partial charge is 0.222 e. The molecule has 1 N–H and O–H groups in total. The number of fused-ring (bicyclic) bond motifs is 5. The van der Waals surface area contributed by atoms with Crippen molar-refractivity contribution in [2.45, 2.75) is 149 Å². The van der Waals surface area contributed by atoms with Crippen molar-refractivity contribution >= 4 is 11.7 Å². The lowest BCUT2D eigenvalue weighted by Crippen LogP contribution is -2.57. The number of Topliss-reactive ketones (excluding diaryl/α,β-unsaturated/α-hetero) is 1. The first-order chi connectivity index (χ1) is 18.2. The minimum absolute atomic E-state index is 0.108. The summed E-state index contributed by atoms with van der Waals surface area (Å²) in [6.45, 7) is 10.7. The van der Waals surface area contributed by atoms with Crippen LogP contribution in [0.1, 0.15) is 143 Å². The average molecular weight is 530 g/mol. The second kappa shape index (κ2) is 13.2. The molecule has 4 heteroatoms. The third-order valence-corrected chi connectivity index (χ3v) is 12.4. The Morgan fingerprint density at radius 3 is 2.18 bits per heavy atom. The Bertz CT molecular complexity index is 793. The van der Waals surface area contributed by atoms with Crippen LogP contribution >= 0.6 is 0 Å². The van der Waals surface area contributed by atoms with Crippen molar-refractivity contribution in [2.75, 3.05) is 13.1 Å². The van der Waals surface area contributed by atoms with Gasteiger partial charge in [0.1, 0.15) is 5.78 Å². The van der Waals surface area contributed by atoms with Crippen LogP contribution in [-0.2, 0) is 9.59 Å². The van der Waals surface area contributed by atoms with E-state index in [4.69, 9.17) is 0 Å². The molecule has 4 saturated carbocycles. The van der Waals surface area contributed by atoms with Crippen molar-refractivity contribution in [1.29, 1.82) is 0 Å². The molecule has 1 amide bonds. The van der Waals surface area contributed by atoms with E-state index in [-0.39, 0.29) is 11.5 Å². The fourth-order valence-corrected chi connectivity index (χ4v) is 9.97. The largest absolute Gasteiger partial charge is 0.393 e. The summed E-state index contributed by atoms with van der Waals surface area (Å²) >= 11 is 0. The minimum Gasteiger partial charge on any atom is -0.393 e. The highest BCUT2D eigenvalue weighted by Gasteiger charge is 2.62. The van der Waals surface area contributed by atoms with Gasteiger partial charge in [0.15, 0.2) is 0 Å². The monoisotopic (exact) mass is 529 g/mol. The number of unbranched alkanes of at least 4 members (excludes halogenated alkanes) is 7. The van der Waals surface area contributed by atoms with Crippen LogP contribution in [0.4, 0.5) is 0 Å². The molecule has 0 aromatic heterocycles. The van der Waals surface area contributed by atoms with Crippen molar-refractivity contribution < 1.29 is 14.7 Å². The van der Waals surface area contributed by atoms with E-state index in [1.54, 1.807) is 0 Å². The van der Waals surface area contributed by atoms with Crippen LogP contribution in [-0.4, -0.2) is 40.9 Å². The van der Waals surface area contributed by atoms with Crippen LogP contribution in [0.25, 0.3) is 0 Å². The maximum atomic E-state index is 12.5. The predicted octanol–water partition coefficient (Wildman–Crippen LogP) is 7.95. The van der Waals surface area contributed by atoms with Crippen molar-refractivity contribution in [1.82, 2.24) is 4.90 Å². The predicted molar refractivity (Wildman–Crippen MR) is 156 cm³/mol. The second-order valence-corrected chi connectivity index (χ2v) is 14.3. The summed E-state index contributed by atoms with van der Waals surface area (Å²) in [5.41, 5.74) is 0.475. The third-order valence-electron chi connectivity index (χ3n) is 12.4. The molecule has 0 aromatic rings. The molecule has 0 aromatic carbocycles. The highest BCUT2D eigenvalue weighted by atomic mass is 16.3. The van der Waals surface area contributed by atoms with Crippen molar-refractivity contribution in [3.05, 3.63) is 0 Å². The summed E-state index contributed by atoms with van der Waals surface area (Å²) in [4.78, 5) is 26.6. The first-order valence-electron chi connectivity index (χ1n) is 16.7. The molecule has 0 aliphatic heterocycles. The molecule has 38 heavy (non-hydrogen) atoms. The number of aliphatic hydroxyl groups excluding tert-OH is 1. The molecule has 0 bridgehead atoms. The fraction of sp³-hybridized carbons (Fsp3) is 0.941. The molecule has 0 spiro atoms. The van der Waals surface area contributed by atoms with Gasteiger partial charge in [-0.1, -0.05) is 65.2 Å². The normalized spacial score (nSPS) is 38.4. The zero-order valence-electron chi connectivity index (χ0n) is 25.3. The number of hydrogen-bond donors (Lipinski definition) is 1. The van der Waals surface area contributed by atoms with Crippen molar-refractivity contribution in [2.24, 2.45) is 40.4 Å². The summed E-state index contributed by atoms with van der Waals surface area (Å²) in [6.07, 6.45) is 20.7. The van der Waals surface area contributed by atoms with Gasteiger partial charge in [0.2, 0.25) is 5.91 Å². The maximum Gasteiger partial charge on any atom is 0.222 e. The van der Waals surface area contributed by atoms with Crippen LogP contribution in [0, 0.1) is 40.4 Å². The lowest BCUT2D eigenvalue weighted by Gasteiger charge is -2.62. The van der Waals surface area contributed by atoms with Crippen molar-refractivity contribution in [3.63, 3.8) is 0 Å². The van der Waals surface area contributed by atoms with Gasteiger partial charge in [0.25, 0.3) is 0 Å². The van der Waals surface area contributed by atoms with Crippen LogP contribution in [0.3, 0.4) is 0 Å². The number of carbonyl (C=O) groups is 2. The molecular weight excluding hydrogens is 470 g/mol. The van der Waals surface area contributed by atoms with E-state index in [1.807, 2.05) is 4.90 Å². The van der Waals surface area contributed by atoms with E-state index in [1.165, 1.54) is 77.0 Å². The van der Waals surface area contributed by atoms with E-state index in [2.05, 4.69) is 27.7 Å². The van der Waals surface area contributed by atoms with Gasteiger partial charge < -0.3 is 10.0 Å². The zero-order valence-corrected chi connectivity index (χ0v) is 25.3. The molecule has 8 atom stereocenters. The number of carbonyl (C=O) groups excluding carboxylic acids is 2. The minimum atomic E-state index is -0.108. The number of nitrogens with zero attached hydrogens (tertiary/aromatic N) is 1. The van der Waals surface area contributed by atoms with Crippen LogP contribution in [0.5, 0.6) is 0 Å². The van der Waals surface area contributed by atoms with Gasteiger partial charge in [-0.25, -0.2) is 0 Å².